The molecule has 0 heterocycles. The summed E-state index contributed by atoms with van der Waals surface area (Å²) in [4.78, 5) is 9.75. The van der Waals surface area contributed by atoms with Gasteiger partial charge in [-0.05, 0) is 22.6 Å². The van der Waals surface area contributed by atoms with E-state index in [9.17, 15) is 4.79 Å². The maximum absolute atomic E-state index is 9.75. The third-order valence-electron chi connectivity index (χ3n) is 0.243. The molecule has 0 aliphatic carbocycles. The number of alkyl halides is 3. The summed E-state index contributed by atoms with van der Waals surface area (Å²) in [6, 6.07) is 0. The first kappa shape index (κ1) is 7.78. The van der Waals surface area contributed by atoms with Crippen LogP contribution in [0.2, 0.25) is 0 Å². The Morgan fingerprint density at radius 2 is 1.86 bits per heavy atom. The first-order valence-electron chi connectivity index (χ1n) is 1.24. The molecule has 0 amide bonds. The van der Waals surface area contributed by atoms with Crippen LogP contribution in [0, 0.1) is 0 Å². The molecule has 2 nitrogen and oxygen atoms in total. The van der Waals surface area contributed by atoms with Crippen molar-refractivity contribution >= 4 is 51.8 Å². The molecule has 0 bridgehead atoms. The van der Waals surface area contributed by atoms with Crippen molar-refractivity contribution in [3.8, 4) is 0 Å². The van der Waals surface area contributed by atoms with Gasteiger partial charge in [0.2, 0.25) is 0 Å². The van der Waals surface area contributed by atoms with Crippen LogP contribution in [0.1, 0.15) is 0 Å². The second kappa shape index (κ2) is 2.37. The van der Waals surface area contributed by atoms with Crippen molar-refractivity contribution in [3.05, 3.63) is 0 Å². The van der Waals surface area contributed by atoms with Crippen LogP contribution in [0.5, 0.6) is 0 Å². The van der Waals surface area contributed by atoms with Gasteiger partial charge in [-0.1, -0.05) is 23.2 Å². The monoisotopic (exact) mass is 254 g/mol. The molecule has 0 aromatic rings. The lowest BCUT2D eigenvalue weighted by molar-refractivity contribution is -0.135. The highest BCUT2D eigenvalue weighted by molar-refractivity contribution is 14.1. The second-order valence-corrected chi connectivity index (χ2v) is 5.02. The highest BCUT2D eigenvalue weighted by Crippen LogP contribution is 2.28. The summed E-state index contributed by atoms with van der Waals surface area (Å²) in [6.45, 7) is 0. The molecule has 0 saturated heterocycles. The molecule has 0 fully saturated rings. The molecular weight excluding hydrogens is 254 g/mol. The number of hydrogen-bond acceptors (Lipinski definition) is 1. The molecular formula is C2HCl2IO2. The molecule has 0 aromatic heterocycles. The number of carboxylic acid groups (broad SMARTS) is 1. The molecule has 0 unspecified atom stereocenters. The Labute approximate surface area is 63.9 Å². The first-order valence-corrected chi connectivity index (χ1v) is 3.08. The van der Waals surface area contributed by atoms with Crippen LogP contribution in [0.25, 0.3) is 0 Å². The van der Waals surface area contributed by atoms with Crippen LogP contribution in [-0.2, 0) is 4.79 Å². The third-order valence-corrected chi connectivity index (χ3v) is 1.03. The fraction of sp³-hybridized carbons (Fsp3) is 0.500. The topological polar surface area (TPSA) is 37.3 Å². The highest BCUT2D eigenvalue weighted by atomic mass is 127. The van der Waals surface area contributed by atoms with Crippen molar-refractivity contribution < 1.29 is 9.90 Å². The van der Waals surface area contributed by atoms with Gasteiger partial charge >= 0.3 is 5.97 Å². The van der Waals surface area contributed by atoms with Crippen LogP contribution in [0.4, 0.5) is 0 Å². The quantitative estimate of drug-likeness (QED) is 0.571. The van der Waals surface area contributed by atoms with E-state index in [-0.39, 0.29) is 0 Å². The fourth-order valence-corrected chi connectivity index (χ4v) is 0. The molecule has 0 aliphatic heterocycles. The van der Waals surface area contributed by atoms with Crippen LogP contribution in [0.3, 0.4) is 0 Å². The lowest BCUT2D eigenvalue weighted by Crippen LogP contribution is -2.15. The minimum absolute atomic E-state index is 1.24. The molecule has 42 valence electrons. The average Bonchev–Trinajstić information content (AvgIpc) is 1.31. The van der Waals surface area contributed by atoms with Crippen molar-refractivity contribution in [2.75, 3.05) is 0 Å². The Morgan fingerprint density at radius 1 is 1.71 bits per heavy atom. The summed E-state index contributed by atoms with van der Waals surface area (Å²) in [5, 5.41) is 7.98. The molecule has 7 heavy (non-hydrogen) atoms. The summed E-state index contributed by atoms with van der Waals surface area (Å²) in [5.41, 5.74) is 0. The van der Waals surface area contributed by atoms with E-state index in [1.54, 1.807) is 0 Å². The van der Waals surface area contributed by atoms with Gasteiger partial charge in [-0.25, -0.2) is 4.79 Å². The Balaban J connectivity index is 3.79. The number of hydrogen-bond donors (Lipinski definition) is 1. The molecule has 0 spiro atoms. The van der Waals surface area contributed by atoms with Gasteiger partial charge in [0, 0.05) is 0 Å². The normalized spacial score (nSPS) is 11.3. The SMILES string of the molecule is O=C(O)C(Cl)(Cl)I. The van der Waals surface area contributed by atoms with Crippen molar-refractivity contribution in [1.29, 1.82) is 0 Å². The van der Waals surface area contributed by atoms with Gasteiger partial charge in [0.15, 0.2) is 0 Å². The van der Waals surface area contributed by atoms with Crippen molar-refractivity contribution in [3.63, 3.8) is 0 Å². The Morgan fingerprint density at radius 3 is 1.86 bits per heavy atom. The predicted octanol–water partition coefficient (Wildman–Crippen LogP) is 1.64. The van der Waals surface area contributed by atoms with Crippen molar-refractivity contribution in [2.24, 2.45) is 0 Å². The van der Waals surface area contributed by atoms with Gasteiger partial charge in [0.1, 0.15) is 0 Å². The van der Waals surface area contributed by atoms with Gasteiger partial charge in [-0.15, -0.1) is 0 Å². The molecule has 0 saturated carbocycles. The number of carbonyl (C=O) groups is 1. The van der Waals surface area contributed by atoms with Gasteiger partial charge in [0.25, 0.3) is 2.34 Å². The summed E-state index contributed by atoms with van der Waals surface area (Å²) in [7, 11) is 0. The summed E-state index contributed by atoms with van der Waals surface area (Å²) >= 11 is 11.4. The van der Waals surface area contributed by atoms with Crippen molar-refractivity contribution in [2.45, 2.75) is 2.34 Å². The summed E-state index contributed by atoms with van der Waals surface area (Å²) in [5.74, 6) is -1.24. The Bertz CT molecular complexity index is 86.2. The Kier molecular flexibility index (Phi) is 2.63. The number of carboxylic acids is 1. The van der Waals surface area contributed by atoms with E-state index in [4.69, 9.17) is 28.3 Å². The number of rotatable bonds is 1. The van der Waals surface area contributed by atoms with Crippen LogP contribution >= 0.6 is 45.8 Å². The fourth-order valence-electron chi connectivity index (χ4n) is 0. The maximum atomic E-state index is 9.75. The van der Waals surface area contributed by atoms with Crippen LogP contribution < -0.4 is 0 Å². The lowest BCUT2D eigenvalue weighted by Gasteiger charge is -2.00. The van der Waals surface area contributed by atoms with E-state index >= 15 is 0 Å². The van der Waals surface area contributed by atoms with E-state index in [2.05, 4.69) is 0 Å². The molecule has 1 N–H and O–H groups in total. The predicted molar refractivity (Wildman–Crippen MR) is 36.1 cm³/mol. The van der Waals surface area contributed by atoms with Gasteiger partial charge in [-0.3, -0.25) is 0 Å². The average molecular weight is 255 g/mol. The molecule has 0 aliphatic rings. The van der Waals surface area contributed by atoms with E-state index in [0.29, 0.717) is 0 Å². The number of aliphatic carboxylic acids is 1. The van der Waals surface area contributed by atoms with Gasteiger partial charge in [0.05, 0.1) is 0 Å². The van der Waals surface area contributed by atoms with Crippen LogP contribution in [-0.4, -0.2) is 13.4 Å². The first-order chi connectivity index (χ1) is 2.94. The maximum Gasteiger partial charge on any atom is 0.350 e. The smallest absolute Gasteiger partial charge is 0.350 e. The third kappa shape index (κ3) is 3.37. The second-order valence-electron chi connectivity index (χ2n) is 0.803. The Hall–Kier alpha value is 0.780. The minimum Gasteiger partial charge on any atom is -0.478 e. The molecule has 0 rings (SSSR count). The zero-order valence-corrected chi connectivity index (χ0v) is 6.66. The lowest BCUT2D eigenvalue weighted by atomic mass is 10.8. The molecule has 0 atom stereocenters. The largest absolute Gasteiger partial charge is 0.478 e. The highest BCUT2D eigenvalue weighted by Gasteiger charge is 2.28. The minimum atomic E-state index is -1.67. The van der Waals surface area contributed by atoms with E-state index in [0.717, 1.165) is 0 Å². The number of halogens is 3. The van der Waals surface area contributed by atoms with Gasteiger partial charge < -0.3 is 5.11 Å². The summed E-state index contributed by atoms with van der Waals surface area (Å²) < 4.78 is -1.67. The van der Waals surface area contributed by atoms with E-state index in [1.807, 2.05) is 0 Å². The molecule has 0 radical (unpaired) electrons. The van der Waals surface area contributed by atoms with Gasteiger partial charge in [-0.2, -0.15) is 0 Å². The molecule has 5 heteroatoms. The molecule has 0 aromatic carbocycles. The zero-order chi connectivity index (χ0) is 6.08. The summed E-state index contributed by atoms with van der Waals surface area (Å²) in [6.07, 6.45) is 0. The zero-order valence-electron chi connectivity index (χ0n) is 2.99. The standard InChI is InChI=1S/C2HCl2IO2/c3-2(4,5)1(6)7/h(H,6,7). The van der Waals surface area contributed by atoms with Crippen LogP contribution in [0.15, 0.2) is 0 Å². The van der Waals surface area contributed by atoms with Crippen molar-refractivity contribution in [1.82, 2.24) is 0 Å². The van der Waals surface area contributed by atoms with E-state index < -0.39 is 8.31 Å². The van der Waals surface area contributed by atoms with E-state index in [1.165, 1.54) is 22.6 Å².